The number of hydrogen-bond acceptors (Lipinski definition) is 4. The van der Waals surface area contributed by atoms with Gasteiger partial charge >= 0.3 is 0 Å². The lowest BCUT2D eigenvalue weighted by Gasteiger charge is -2.12. The smallest absolute Gasteiger partial charge is 0.257 e. The van der Waals surface area contributed by atoms with Gasteiger partial charge in [-0.05, 0) is 64.0 Å². The van der Waals surface area contributed by atoms with E-state index in [0.29, 0.717) is 28.1 Å². The number of methoxy groups -OCH3 is 1. The first-order valence-electron chi connectivity index (χ1n) is 9.28. The zero-order chi connectivity index (χ0) is 21.3. The van der Waals surface area contributed by atoms with Crippen molar-refractivity contribution < 1.29 is 14.3 Å². The molecule has 0 aliphatic heterocycles. The average molecular weight is 485 g/mol. The maximum Gasteiger partial charge on any atom is 0.257 e. The van der Waals surface area contributed by atoms with Crippen LogP contribution in [0.3, 0.4) is 0 Å². The van der Waals surface area contributed by atoms with Crippen molar-refractivity contribution in [2.75, 3.05) is 19.0 Å². The van der Waals surface area contributed by atoms with Gasteiger partial charge in [-0.15, -0.1) is 0 Å². The van der Waals surface area contributed by atoms with Gasteiger partial charge in [0.1, 0.15) is 11.5 Å². The zero-order valence-electron chi connectivity index (χ0n) is 16.4. The molecule has 0 aromatic heterocycles. The number of ether oxygens (including phenoxy) is 2. The molecule has 0 saturated carbocycles. The van der Waals surface area contributed by atoms with Gasteiger partial charge in [-0.2, -0.15) is 0 Å². The number of carbonyl (C=O) groups excluding carboxylic acids is 1. The van der Waals surface area contributed by atoms with Crippen LogP contribution in [0.5, 0.6) is 11.5 Å². The van der Waals surface area contributed by atoms with E-state index in [9.17, 15) is 4.79 Å². The van der Waals surface area contributed by atoms with Crippen LogP contribution < -0.4 is 20.1 Å². The SMILES string of the molecule is COc1cccc(NC(=S)NC(=O)c2ccc(OCCc3ccccc3)c(Br)c2)c1. The molecular weight excluding hydrogens is 464 g/mol. The summed E-state index contributed by atoms with van der Waals surface area (Å²) >= 11 is 8.70. The number of carbonyl (C=O) groups is 1. The van der Waals surface area contributed by atoms with Crippen LogP contribution in [0.4, 0.5) is 5.69 Å². The van der Waals surface area contributed by atoms with Crippen molar-refractivity contribution in [1.29, 1.82) is 0 Å². The minimum absolute atomic E-state index is 0.201. The lowest BCUT2D eigenvalue weighted by molar-refractivity contribution is 0.0977. The Morgan fingerprint density at radius 3 is 2.57 bits per heavy atom. The van der Waals surface area contributed by atoms with Crippen molar-refractivity contribution in [2.24, 2.45) is 0 Å². The van der Waals surface area contributed by atoms with E-state index in [1.54, 1.807) is 31.4 Å². The van der Waals surface area contributed by atoms with E-state index in [2.05, 4.69) is 38.7 Å². The van der Waals surface area contributed by atoms with Gasteiger partial charge in [0.2, 0.25) is 0 Å². The Bertz CT molecular complexity index is 1030. The first-order valence-corrected chi connectivity index (χ1v) is 10.5. The number of hydrogen-bond donors (Lipinski definition) is 2. The molecule has 0 fully saturated rings. The molecule has 0 saturated heterocycles. The van der Waals surface area contributed by atoms with Crippen LogP contribution in [0.15, 0.2) is 77.3 Å². The molecule has 0 bridgehead atoms. The second kappa shape index (κ2) is 10.8. The van der Waals surface area contributed by atoms with Crippen LogP contribution in [0.2, 0.25) is 0 Å². The number of anilines is 1. The standard InChI is InChI=1S/C23H21BrN2O3S/c1-28-19-9-5-8-18(15-19)25-23(30)26-22(27)17-10-11-21(20(24)14-17)29-13-12-16-6-3-2-4-7-16/h2-11,14-15H,12-13H2,1H3,(H2,25,26,27,30). The third-order valence-electron chi connectivity index (χ3n) is 4.24. The van der Waals surface area contributed by atoms with Crippen LogP contribution >= 0.6 is 28.1 Å². The number of nitrogens with one attached hydrogen (secondary N) is 2. The predicted molar refractivity (Wildman–Crippen MR) is 126 cm³/mol. The van der Waals surface area contributed by atoms with Crippen LogP contribution in [-0.4, -0.2) is 24.7 Å². The van der Waals surface area contributed by atoms with Crippen molar-refractivity contribution in [3.8, 4) is 11.5 Å². The highest BCUT2D eigenvalue weighted by Gasteiger charge is 2.11. The van der Waals surface area contributed by atoms with Gasteiger partial charge in [-0.25, -0.2) is 0 Å². The Hall–Kier alpha value is -2.90. The van der Waals surface area contributed by atoms with Gasteiger partial charge in [-0.1, -0.05) is 36.4 Å². The van der Waals surface area contributed by atoms with Crippen molar-refractivity contribution in [1.82, 2.24) is 5.32 Å². The summed E-state index contributed by atoms with van der Waals surface area (Å²) in [5, 5.41) is 5.84. The predicted octanol–water partition coefficient (Wildman–Crippen LogP) is 5.21. The summed E-state index contributed by atoms with van der Waals surface area (Å²) < 4.78 is 11.7. The fourth-order valence-electron chi connectivity index (χ4n) is 2.72. The Kier molecular flexibility index (Phi) is 7.82. The van der Waals surface area contributed by atoms with E-state index < -0.39 is 0 Å². The van der Waals surface area contributed by atoms with Crippen LogP contribution in [-0.2, 0) is 6.42 Å². The first kappa shape index (κ1) is 21.8. The van der Waals surface area contributed by atoms with Gasteiger partial charge in [0.15, 0.2) is 5.11 Å². The topological polar surface area (TPSA) is 59.6 Å². The molecule has 2 N–H and O–H groups in total. The Morgan fingerprint density at radius 2 is 1.83 bits per heavy atom. The van der Waals surface area contributed by atoms with E-state index in [-0.39, 0.29) is 11.0 Å². The van der Waals surface area contributed by atoms with E-state index in [1.165, 1.54) is 5.56 Å². The average Bonchev–Trinajstić information content (AvgIpc) is 2.75. The second-order valence-corrected chi connectivity index (χ2v) is 7.63. The van der Waals surface area contributed by atoms with Crippen LogP contribution in [0.1, 0.15) is 15.9 Å². The van der Waals surface area contributed by atoms with Gasteiger partial charge in [0.05, 0.1) is 18.2 Å². The lowest BCUT2D eigenvalue weighted by atomic mass is 10.2. The summed E-state index contributed by atoms with van der Waals surface area (Å²) in [5.41, 5.74) is 2.40. The van der Waals surface area contributed by atoms with Crippen LogP contribution in [0, 0.1) is 0 Å². The molecule has 7 heteroatoms. The molecule has 1 amide bonds. The highest BCUT2D eigenvalue weighted by molar-refractivity contribution is 9.10. The molecule has 0 atom stereocenters. The minimum Gasteiger partial charge on any atom is -0.497 e. The Morgan fingerprint density at radius 1 is 1.03 bits per heavy atom. The number of benzene rings is 3. The maximum atomic E-state index is 12.5. The summed E-state index contributed by atoms with van der Waals surface area (Å²) in [5.74, 6) is 1.06. The first-order chi connectivity index (χ1) is 14.5. The van der Waals surface area contributed by atoms with E-state index in [1.807, 2.05) is 36.4 Å². The number of rotatable bonds is 7. The summed E-state index contributed by atoms with van der Waals surface area (Å²) in [6, 6.07) is 22.6. The molecule has 0 radical (unpaired) electrons. The van der Waals surface area contributed by atoms with E-state index in [4.69, 9.17) is 21.7 Å². The molecule has 0 aliphatic rings. The lowest BCUT2D eigenvalue weighted by Crippen LogP contribution is -2.34. The third-order valence-corrected chi connectivity index (χ3v) is 5.06. The summed E-state index contributed by atoms with van der Waals surface area (Å²) in [4.78, 5) is 12.5. The Labute approximate surface area is 189 Å². The molecule has 30 heavy (non-hydrogen) atoms. The molecular formula is C23H21BrN2O3S. The summed E-state index contributed by atoms with van der Waals surface area (Å²) in [6.45, 7) is 0.544. The highest BCUT2D eigenvalue weighted by atomic mass is 79.9. The molecule has 5 nitrogen and oxygen atoms in total. The van der Waals surface area contributed by atoms with E-state index in [0.717, 1.165) is 12.1 Å². The van der Waals surface area contributed by atoms with Gasteiger partial charge in [0, 0.05) is 23.7 Å². The quantitative estimate of drug-likeness (QED) is 0.451. The molecule has 0 heterocycles. The van der Waals surface area contributed by atoms with Gasteiger partial charge in [0.25, 0.3) is 5.91 Å². The van der Waals surface area contributed by atoms with Gasteiger partial charge < -0.3 is 14.8 Å². The normalized spacial score (nSPS) is 10.2. The third kappa shape index (κ3) is 6.30. The molecule has 0 spiro atoms. The molecule has 0 unspecified atom stereocenters. The molecule has 0 aliphatic carbocycles. The number of amides is 1. The highest BCUT2D eigenvalue weighted by Crippen LogP contribution is 2.26. The van der Waals surface area contributed by atoms with Gasteiger partial charge in [-0.3, -0.25) is 10.1 Å². The molecule has 3 aromatic carbocycles. The van der Waals surface area contributed by atoms with Crippen molar-refractivity contribution in [3.63, 3.8) is 0 Å². The van der Waals surface area contributed by atoms with Crippen molar-refractivity contribution in [2.45, 2.75) is 6.42 Å². The fourth-order valence-corrected chi connectivity index (χ4v) is 3.42. The minimum atomic E-state index is -0.313. The monoisotopic (exact) mass is 484 g/mol. The molecule has 154 valence electrons. The summed E-state index contributed by atoms with van der Waals surface area (Å²) in [6.07, 6.45) is 0.805. The Balaban J connectivity index is 1.54. The number of thiocarbonyl (C=S) groups is 1. The molecule has 3 rings (SSSR count). The van der Waals surface area contributed by atoms with E-state index >= 15 is 0 Å². The largest absolute Gasteiger partial charge is 0.497 e. The fraction of sp³-hybridized carbons (Fsp3) is 0.130. The van der Waals surface area contributed by atoms with Crippen LogP contribution in [0.25, 0.3) is 0 Å². The maximum absolute atomic E-state index is 12.5. The zero-order valence-corrected chi connectivity index (χ0v) is 18.8. The summed E-state index contributed by atoms with van der Waals surface area (Å²) in [7, 11) is 1.59. The van der Waals surface area contributed by atoms with Crippen molar-refractivity contribution >= 4 is 44.9 Å². The number of halogens is 1. The molecule has 3 aromatic rings. The second-order valence-electron chi connectivity index (χ2n) is 6.37. The van der Waals surface area contributed by atoms with Crippen molar-refractivity contribution in [3.05, 3.63) is 88.4 Å².